The van der Waals surface area contributed by atoms with Crippen LogP contribution in [0, 0.1) is 15.9 Å². The Balaban J connectivity index is 2.29. The zero-order valence-corrected chi connectivity index (χ0v) is 11.6. The largest absolute Gasteiger partial charge is 0.439 e. The molecule has 3 N–H and O–H groups in total. The van der Waals surface area contributed by atoms with Gasteiger partial charge in [0.2, 0.25) is 11.7 Å². The first-order chi connectivity index (χ1) is 10.0. The van der Waals surface area contributed by atoms with Crippen LogP contribution in [0.25, 0.3) is 0 Å². The fraction of sp³-hybridized carbons (Fsp3) is 0.0909. The van der Waals surface area contributed by atoms with Crippen LogP contribution in [0.4, 0.5) is 15.9 Å². The van der Waals surface area contributed by atoms with Gasteiger partial charge in [-0.25, -0.2) is 10.8 Å². The molecule has 1 aromatic carbocycles. The van der Waals surface area contributed by atoms with Crippen molar-refractivity contribution in [2.75, 3.05) is 11.7 Å². The molecule has 21 heavy (non-hydrogen) atoms. The third-order valence-corrected chi connectivity index (χ3v) is 2.90. The second kappa shape index (κ2) is 6.33. The van der Waals surface area contributed by atoms with E-state index in [0.29, 0.717) is 11.0 Å². The average Bonchev–Trinajstić information content (AvgIpc) is 2.46. The third-order valence-electron chi connectivity index (χ3n) is 2.35. The van der Waals surface area contributed by atoms with Crippen LogP contribution in [0.5, 0.6) is 11.6 Å². The predicted molar refractivity (Wildman–Crippen MR) is 74.8 cm³/mol. The van der Waals surface area contributed by atoms with Crippen LogP contribution in [-0.4, -0.2) is 21.1 Å². The molecule has 0 unspecified atom stereocenters. The van der Waals surface area contributed by atoms with Gasteiger partial charge in [-0.1, -0.05) is 11.8 Å². The van der Waals surface area contributed by atoms with Crippen molar-refractivity contribution in [3.05, 3.63) is 40.2 Å². The predicted octanol–water partition coefficient (Wildman–Crippen LogP) is 2.32. The molecule has 10 heteroatoms. The lowest BCUT2D eigenvalue weighted by atomic mass is 10.3. The van der Waals surface area contributed by atoms with E-state index in [2.05, 4.69) is 15.4 Å². The van der Waals surface area contributed by atoms with Crippen molar-refractivity contribution >= 4 is 23.3 Å². The molecule has 0 amide bonds. The Morgan fingerprint density at radius 3 is 2.76 bits per heavy atom. The third kappa shape index (κ3) is 3.55. The topological polar surface area (TPSA) is 116 Å². The van der Waals surface area contributed by atoms with Gasteiger partial charge in [-0.3, -0.25) is 10.1 Å². The molecule has 1 heterocycles. The van der Waals surface area contributed by atoms with Crippen molar-refractivity contribution in [2.24, 2.45) is 5.84 Å². The van der Waals surface area contributed by atoms with Crippen molar-refractivity contribution < 1.29 is 14.1 Å². The van der Waals surface area contributed by atoms with Crippen LogP contribution in [0.3, 0.4) is 0 Å². The van der Waals surface area contributed by atoms with Gasteiger partial charge in [0.1, 0.15) is 11.6 Å². The average molecular weight is 311 g/mol. The van der Waals surface area contributed by atoms with E-state index in [1.807, 2.05) is 0 Å². The maximum atomic E-state index is 13.5. The molecule has 0 fully saturated rings. The number of nitro benzene ring substituents is 1. The number of anilines is 1. The van der Waals surface area contributed by atoms with E-state index in [-0.39, 0.29) is 11.6 Å². The number of nitrogen functional groups attached to an aromatic ring is 1. The van der Waals surface area contributed by atoms with Crippen LogP contribution in [0.2, 0.25) is 0 Å². The molecule has 1 aromatic heterocycles. The number of ether oxygens (including phenoxy) is 1. The van der Waals surface area contributed by atoms with Crippen molar-refractivity contribution in [3.8, 4) is 11.6 Å². The molecule has 0 spiro atoms. The number of hydrazine groups is 1. The molecule has 0 aliphatic heterocycles. The monoisotopic (exact) mass is 311 g/mol. The molecule has 8 nitrogen and oxygen atoms in total. The van der Waals surface area contributed by atoms with Gasteiger partial charge in [-0.2, -0.15) is 9.37 Å². The van der Waals surface area contributed by atoms with Crippen LogP contribution in [0.1, 0.15) is 0 Å². The van der Waals surface area contributed by atoms with E-state index in [1.54, 1.807) is 6.26 Å². The highest BCUT2D eigenvalue weighted by molar-refractivity contribution is 7.98. The minimum Gasteiger partial charge on any atom is -0.439 e. The maximum absolute atomic E-state index is 13.5. The summed E-state index contributed by atoms with van der Waals surface area (Å²) < 4.78 is 18.9. The standard InChI is InChI=1S/C11H10FN5O3S/c1-21-11-14-9(16-13)5-10(15-11)20-6-2-3-8(17(18)19)7(12)4-6/h2-5H,13H2,1H3,(H,14,15,16). The van der Waals surface area contributed by atoms with Gasteiger partial charge in [0.15, 0.2) is 5.16 Å². The summed E-state index contributed by atoms with van der Waals surface area (Å²) >= 11 is 1.27. The van der Waals surface area contributed by atoms with Crippen molar-refractivity contribution in [2.45, 2.75) is 5.16 Å². The van der Waals surface area contributed by atoms with Gasteiger partial charge in [0.05, 0.1) is 4.92 Å². The highest BCUT2D eigenvalue weighted by Gasteiger charge is 2.15. The zero-order chi connectivity index (χ0) is 15.4. The van der Waals surface area contributed by atoms with E-state index < -0.39 is 16.4 Å². The molecule has 0 aliphatic carbocycles. The van der Waals surface area contributed by atoms with E-state index in [4.69, 9.17) is 10.6 Å². The second-order valence-corrected chi connectivity index (χ2v) is 4.47. The Bertz CT molecular complexity index is 663. The molecule has 0 bridgehead atoms. The Morgan fingerprint density at radius 2 is 2.19 bits per heavy atom. The number of benzene rings is 1. The fourth-order valence-corrected chi connectivity index (χ4v) is 1.81. The Morgan fingerprint density at radius 1 is 1.43 bits per heavy atom. The van der Waals surface area contributed by atoms with Gasteiger partial charge < -0.3 is 10.2 Å². The van der Waals surface area contributed by atoms with Crippen LogP contribution < -0.4 is 16.0 Å². The van der Waals surface area contributed by atoms with Crippen LogP contribution in [0.15, 0.2) is 29.4 Å². The quantitative estimate of drug-likeness (QED) is 0.284. The minimum absolute atomic E-state index is 0.0758. The van der Waals surface area contributed by atoms with Gasteiger partial charge in [0, 0.05) is 18.2 Å². The summed E-state index contributed by atoms with van der Waals surface area (Å²) in [6, 6.07) is 4.62. The van der Waals surface area contributed by atoms with Crippen molar-refractivity contribution in [1.82, 2.24) is 9.97 Å². The van der Waals surface area contributed by atoms with Crippen molar-refractivity contribution in [3.63, 3.8) is 0 Å². The highest BCUT2D eigenvalue weighted by Crippen LogP contribution is 2.27. The Kier molecular flexibility index (Phi) is 4.50. The summed E-state index contributed by atoms with van der Waals surface area (Å²) in [7, 11) is 0. The fourth-order valence-electron chi connectivity index (χ4n) is 1.44. The molecule has 0 aliphatic rings. The molecule has 0 radical (unpaired) electrons. The lowest BCUT2D eigenvalue weighted by Crippen LogP contribution is -2.09. The number of nitrogens with one attached hydrogen (secondary N) is 1. The minimum atomic E-state index is -0.992. The molecule has 0 saturated heterocycles. The lowest BCUT2D eigenvalue weighted by molar-refractivity contribution is -0.387. The van der Waals surface area contributed by atoms with E-state index in [1.165, 1.54) is 23.9 Å². The number of rotatable bonds is 5. The molecule has 110 valence electrons. The summed E-state index contributed by atoms with van der Waals surface area (Å²) in [6.07, 6.45) is 1.77. The smallest absolute Gasteiger partial charge is 0.305 e. The highest BCUT2D eigenvalue weighted by atomic mass is 32.2. The van der Waals surface area contributed by atoms with E-state index >= 15 is 0 Å². The van der Waals surface area contributed by atoms with E-state index in [0.717, 1.165) is 12.1 Å². The van der Waals surface area contributed by atoms with Gasteiger partial charge >= 0.3 is 5.69 Å². The number of halogens is 1. The summed E-state index contributed by atoms with van der Waals surface area (Å²) in [4.78, 5) is 17.8. The number of aromatic nitrogens is 2. The number of nitro groups is 1. The summed E-state index contributed by atoms with van der Waals surface area (Å²) in [5.41, 5.74) is 1.73. The van der Waals surface area contributed by atoms with Crippen LogP contribution in [-0.2, 0) is 0 Å². The maximum Gasteiger partial charge on any atom is 0.305 e. The molecule has 2 aromatic rings. The van der Waals surface area contributed by atoms with Crippen LogP contribution >= 0.6 is 11.8 Å². The number of hydrogen-bond acceptors (Lipinski definition) is 8. The van der Waals surface area contributed by atoms with E-state index in [9.17, 15) is 14.5 Å². The Hall–Kier alpha value is -2.46. The first kappa shape index (κ1) is 14.9. The molecule has 0 atom stereocenters. The molecule has 0 saturated carbocycles. The number of nitrogens with zero attached hydrogens (tertiary/aromatic N) is 3. The SMILES string of the molecule is CSc1nc(NN)cc(Oc2ccc([N+](=O)[O-])c(F)c2)n1. The molecule has 2 rings (SSSR count). The summed E-state index contributed by atoms with van der Waals surface area (Å²) in [6.45, 7) is 0. The second-order valence-electron chi connectivity index (χ2n) is 3.69. The molecular weight excluding hydrogens is 301 g/mol. The summed E-state index contributed by atoms with van der Waals surface area (Å²) in [5, 5.41) is 10.9. The Labute approximate surface area is 122 Å². The zero-order valence-electron chi connectivity index (χ0n) is 10.7. The van der Waals surface area contributed by atoms with Gasteiger partial charge in [0.25, 0.3) is 0 Å². The normalized spacial score (nSPS) is 10.2. The lowest BCUT2D eigenvalue weighted by Gasteiger charge is -2.08. The number of nitrogens with two attached hydrogens (primary N) is 1. The summed E-state index contributed by atoms with van der Waals surface area (Å²) in [5.74, 6) is 4.82. The first-order valence-corrected chi connectivity index (χ1v) is 6.77. The number of thioether (sulfide) groups is 1. The number of hydrogen-bond donors (Lipinski definition) is 2. The molecular formula is C11H10FN5O3S. The van der Waals surface area contributed by atoms with Gasteiger partial charge in [-0.05, 0) is 12.3 Å². The first-order valence-electron chi connectivity index (χ1n) is 5.55. The van der Waals surface area contributed by atoms with Crippen molar-refractivity contribution in [1.29, 1.82) is 0 Å². The van der Waals surface area contributed by atoms with Gasteiger partial charge in [-0.15, -0.1) is 0 Å².